The van der Waals surface area contributed by atoms with Gasteiger partial charge < -0.3 is 5.32 Å². The Morgan fingerprint density at radius 1 is 1.25 bits per heavy atom. The van der Waals surface area contributed by atoms with E-state index in [9.17, 15) is 0 Å². The molecular formula is C13H22N2S. The monoisotopic (exact) mass is 238 g/mol. The van der Waals surface area contributed by atoms with Crippen molar-refractivity contribution < 1.29 is 0 Å². The zero-order chi connectivity index (χ0) is 11.2. The van der Waals surface area contributed by atoms with Crippen molar-refractivity contribution in [1.82, 2.24) is 5.32 Å². The van der Waals surface area contributed by atoms with Crippen LogP contribution in [0.5, 0.6) is 0 Å². The summed E-state index contributed by atoms with van der Waals surface area (Å²) in [6.07, 6.45) is 7.99. The van der Waals surface area contributed by atoms with Gasteiger partial charge in [-0.05, 0) is 51.4 Å². The molecule has 0 aromatic carbocycles. The fourth-order valence-electron chi connectivity index (χ4n) is 2.67. The second kappa shape index (κ2) is 3.66. The summed E-state index contributed by atoms with van der Waals surface area (Å²) in [4.78, 5) is 5.01. The molecule has 3 rings (SSSR count). The van der Waals surface area contributed by atoms with Crippen molar-refractivity contribution >= 4 is 16.9 Å². The maximum atomic E-state index is 5.01. The lowest BCUT2D eigenvalue weighted by atomic mass is 9.79. The van der Waals surface area contributed by atoms with Gasteiger partial charge in [0.1, 0.15) is 0 Å². The van der Waals surface area contributed by atoms with Gasteiger partial charge in [0.2, 0.25) is 0 Å². The van der Waals surface area contributed by atoms with Gasteiger partial charge in [0.05, 0.1) is 5.54 Å². The van der Waals surface area contributed by atoms with Crippen LogP contribution in [0.15, 0.2) is 4.99 Å². The quantitative estimate of drug-likeness (QED) is 0.759. The van der Waals surface area contributed by atoms with Gasteiger partial charge in [-0.3, -0.25) is 4.99 Å². The predicted molar refractivity (Wildman–Crippen MR) is 71.0 cm³/mol. The Bertz CT molecular complexity index is 312. The molecule has 1 aliphatic heterocycles. The minimum atomic E-state index is 0.310. The lowest BCUT2D eigenvalue weighted by Gasteiger charge is -2.32. The second-order valence-electron chi connectivity index (χ2n) is 6.30. The summed E-state index contributed by atoms with van der Waals surface area (Å²) in [7, 11) is 0. The number of rotatable bonds is 1. The van der Waals surface area contributed by atoms with Crippen molar-refractivity contribution in [2.45, 2.75) is 63.5 Å². The molecule has 0 unspecified atom stereocenters. The van der Waals surface area contributed by atoms with E-state index in [4.69, 9.17) is 4.99 Å². The number of hydrogen-bond donors (Lipinski definition) is 1. The van der Waals surface area contributed by atoms with Gasteiger partial charge in [-0.1, -0.05) is 18.7 Å². The van der Waals surface area contributed by atoms with Crippen molar-refractivity contribution in [3.63, 3.8) is 0 Å². The van der Waals surface area contributed by atoms with E-state index in [2.05, 4.69) is 19.2 Å². The Balaban J connectivity index is 1.65. The fourth-order valence-corrected chi connectivity index (χ4v) is 4.01. The van der Waals surface area contributed by atoms with Crippen LogP contribution in [-0.2, 0) is 0 Å². The van der Waals surface area contributed by atoms with Gasteiger partial charge in [-0.15, -0.1) is 0 Å². The second-order valence-corrected chi connectivity index (χ2v) is 7.26. The van der Waals surface area contributed by atoms with Crippen LogP contribution in [0.25, 0.3) is 0 Å². The molecule has 2 saturated carbocycles. The van der Waals surface area contributed by atoms with Crippen LogP contribution in [-0.4, -0.2) is 22.0 Å². The zero-order valence-electron chi connectivity index (χ0n) is 10.4. The third kappa shape index (κ3) is 2.11. The van der Waals surface area contributed by atoms with Crippen LogP contribution in [0, 0.1) is 5.92 Å². The van der Waals surface area contributed by atoms with Crippen LogP contribution in [0.2, 0.25) is 0 Å². The van der Waals surface area contributed by atoms with Crippen LogP contribution < -0.4 is 5.32 Å². The average Bonchev–Trinajstić information content (AvgIpc) is 2.85. The molecule has 0 aromatic rings. The van der Waals surface area contributed by atoms with E-state index >= 15 is 0 Å². The number of nitrogens with zero attached hydrogens (tertiary/aromatic N) is 1. The topological polar surface area (TPSA) is 24.4 Å². The number of amidine groups is 1. The minimum Gasteiger partial charge on any atom is -0.360 e. The van der Waals surface area contributed by atoms with E-state index in [-0.39, 0.29) is 0 Å². The van der Waals surface area contributed by atoms with Crippen LogP contribution in [0.3, 0.4) is 0 Å². The molecule has 2 fully saturated rings. The van der Waals surface area contributed by atoms with E-state index < -0.39 is 0 Å². The number of hydrogen-bond acceptors (Lipinski definition) is 3. The third-order valence-electron chi connectivity index (χ3n) is 4.43. The molecule has 2 nitrogen and oxygen atoms in total. The summed E-state index contributed by atoms with van der Waals surface area (Å²) >= 11 is 1.95. The lowest BCUT2D eigenvalue weighted by Crippen LogP contribution is -2.34. The summed E-state index contributed by atoms with van der Waals surface area (Å²) in [6.45, 7) is 4.69. The lowest BCUT2D eigenvalue weighted by molar-refractivity contribution is 0.273. The van der Waals surface area contributed by atoms with Gasteiger partial charge in [0, 0.05) is 11.3 Å². The minimum absolute atomic E-state index is 0.310. The molecule has 1 N–H and O–H groups in total. The summed E-state index contributed by atoms with van der Waals surface area (Å²) in [5.41, 5.74) is 0.698. The van der Waals surface area contributed by atoms with Gasteiger partial charge in [0.25, 0.3) is 0 Å². The molecule has 2 aliphatic carbocycles. The standard InChI is InChI=1S/C13H22N2S/c1-10-3-5-13(6-4-10)9-16-11(15-13)14-12(2)7-8-12/h10H,3-9H2,1-2H3,(H,14,15). The highest BCUT2D eigenvalue weighted by molar-refractivity contribution is 8.14. The maximum absolute atomic E-state index is 5.01. The Morgan fingerprint density at radius 2 is 1.94 bits per heavy atom. The molecule has 0 amide bonds. The van der Waals surface area contributed by atoms with Crippen molar-refractivity contribution in [3.8, 4) is 0 Å². The summed E-state index contributed by atoms with van der Waals surface area (Å²) in [6, 6.07) is 0. The Morgan fingerprint density at radius 3 is 2.56 bits per heavy atom. The molecule has 0 atom stereocenters. The van der Waals surface area contributed by atoms with Crippen molar-refractivity contribution in [3.05, 3.63) is 0 Å². The van der Waals surface area contributed by atoms with E-state index in [0.29, 0.717) is 11.1 Å². The first-order valence-corrected chi connectivity index (χ1v) is 7.59. The molecule has 3 heteroatoms. The average molecular weight is 238 g/mol. The SMILES string of the molecule is CC1CCC2(CC1)CSC(NC1(C)CC1)=N2. The first kappa shape index (κ1) is 10.9. The first-order valence-electron chi connectivity index (χ1n) is 6.60. The van der Waals surface area contributed by atoms with Gasteiger partial charge >= 0.3 is 0 Å². The van der Waals surface area contributed by atoms with Crippen molar-refractivity contribution in [1.29, 1.82) is 0 Å². The van der Waals surface area contributed by atoms with E-state index in [1.807, 2.05) is 11.8 Å². The van der Waals surface area contributed by atoms with Gasteiger partial charge in [-0.25, -0.2) is 0 Å². The molecule has 0 aromatic heterocycles. The number of thioether (sulfide) groups is 1. The van der Waals surface area contributed by atoms with Gasteiger partial charge in [0.15, 0.2) is 5.17 Å². The normalized spacial score (nSPS) is 40.9. The number of aliphatic imine (C=N–C) groups is 1. The largest absolute Gasteiger partial charge is 0.360 e. The molecule has 1 spiro atoms. The maximum Gasteiger partial charge on any atom is 0.157 e. The Hall–Kier alpha value is -0.180. The van der Waals surface area contributed by atoms with Gasteiger partial charge in [-0.2, -0.15) is 0 Å². The zero-order valence-corrected chi connectivity index (χ0v) is 11.2. The molecule has 1 heterocycles. The molecule has 0 bridgehead atoms. The summed E-state index contributed by atoms with van der Waals surface area (Å²) in [5.74, 6) is 2.14. The summed E-state index contributed by atoms with van der Waals surface area (Å²) in [5, 5.41) is 4.86. The van der Waals surface area contributed by atoms with Crippen LogP contribution in [0.4, 0.5) is 0 Å². The van der Waals surface area contributed by atoms with E-state index in [0.717, 1.165) is 5.92 Å². The molecule has 0 radical (unpaired) electrons. The third-order valence-corrected chi connectivity index (χ3v) is 5.58. The molecular weight excluding hydrogens is 216 g/mol. The smallest absolute Gasteiger partial charge is 0.157 e. The highest BCUT2D eigenvalue weighted by Crippen LogP contribution is 2.43. The number of nitrogens with one attached hydrogen (secondary N) is 1. The van der Waals surface area contributed by atoms with Crippen LogP contribution >= 0.6 is 11.8 Å². The highest BCUT2D eigenvalue weighted by atomic mass is 32.2. The van der Waals surface area contributed by atoms with Crippen LogP contribution in [0.1, 0.15) is 52.4 Å². The molecule has 0 saturated heterocycles. The van der Waals surface area contributed by atoms with Crippen molar-refractivity contribution in [2.75, 3.05) is 5.75 Å². The predicted octanol–water partition coefficient (Wildman–Crippen LogP) is 3.18. The van der Waals surface area contributed by atoms with E-state index in [1.54, 1.807) is 0 Å². The first-order chi connectivity index (χ1) is 7.59. The Labute approximate surface area is 103 Å². The van der Waals surface area contributed by atoms with E-state index in [1.165, 1.54) is 49.4 Å². The highest BCUT2D eigenvalue weighted by Gasteiger charge is 2.43. The molecule has 3 aliphatic rings. The molecule has 90 valence electrons. The summed E-state index contributed by atoms with van der Waals surface area (Å²) < 4.78 is 0. The Kier molecular flexibility index (Phi) is 2.50. The van der Waals surface area contributed by atoms with Crippen molar-refractivity contribution in [2.24, 2.45) is 10.9 Å². The fraction of sp³-hybridized carbons (Fsp3) is 0.923. The molecule has 16 heavy (non-hydrogen) atoms.